The van der Waals surface area contributed by atoms with Crippen molar-refractivity contribution in [3.63, 3.8) is 0 Å². The molecular weight excluding hydrogens is 428 g/mol. The Labute approximate surface area is 189 Å². The fraction of sp³-hybridized carbons (Fsp3) is 0.217. The second-order valence-electron chi connectivity index (χ2n) is 7.90. The number of anilines is 2. The molecule has 1 heterocycles. The molecular formula is C23H24N4O4S. The van der Waals surface area contributed by atoms with Gasteiger partial charge in [0.05, 0.1) is 10.5 Å². The standard InChI is InChI=1S/C23H24N4O4S/c1-23(2,29)7-8-25-13-17-11-21(19(12-20(17)24)16-6-9-32-14-16)26-22(28)15-4-3-5-18(10-15)27(30)31/h3-6,9-14,29H,7-8,24H2,1-2H3,(H,26,28). The molecule has 0 bridgehead atoms. The lowest BCUT2D eigenvalue weighted by Gasteiger charge is -2.15. The van der Waals surface area contributed by atoms with Crippen molar-refractivity contribution in [3.8, 4) is 11.1 Å². The van der Waals surface area contributed by atoms with E-state index in [1.165, 1.54) is 35.6 Å². The molecule has 0 radical (unpaired) electrons. The molecule has 2 aromatic carbocycles. The number of nitrogens with zero attached hydrogens (tertiary/aromatic N) is 2. The molecule has 1 aromatic heterocycles. The summed E-state index contributed by atoms with van der Waals surface area (Å²) in [6, 6.07) is 11.0. The Kier molecular flexibility index (Phi) is 7.01. The minimum Gasteiger partial charge on any atom is -0.398 e. The molecule has 9 heteroatoms. The topological polar surface area (TPSA) is 131 Å². The van der Waals surface area contributed by atoms with Gasteiger partial charge in [-0.1, -0.05) is 6.07 Å². The first-order valence-corrected chi connectivity index (χ1v) is 10.8. The van der Waals surface area contributed by atoms with Crippen molar-refractivity contribution in [1.29, 1.82) is 0 Å². The Morgan fingerprint density at radius 3 is 2.75 bits per heavy atom. The van der Waals surface area contributed by atoms with E-state index in [9.17, 15) is 20.0 Å². The summed E-state index contributed by atoms with van der Waals surface area (Å²) in [4.78, 5) is 27.7. The minimum absolute atomic E-state index is 0.160. The van der Waals surface area contributed by atoms with Gasteiger partial charge in [0, 0.05) is 53.0 Å². The van der Waals surface area contributed by atoms with Gasteiger partial charge in [-0.05, 0) is 60.9 Å². The van der Waals surface area contributed by atoms with E-state index in [0.717, 1.165) is 11.1 Å². The predicted molar refractivity (Wildman–Crippen MR) is 129 cm³/mol. The van der Waals surface area contributed by atoms with Crippen molar-refractivity contribution < 1.29 is 14.8 Å². The summed E-state index contributed by atoms with van der Waals surface area (Å²) in [5, 5.41) is 27.6. The molecule has 0 atom stereocenters. The summed E-state index contributed by atoms with van der Waals surface area (Å²) in [6.07, 6.45) is 2.11. The van der Waals surface area contributed by atoms with Crippen LogP contribution >= 0.6 is 11.3 Å². The monoisotopic (exact) mass is 452 g/mol. The SMILES string of the molecule is CC(C)(O)CCN=Cc1cc(NC(=O)c2cccc([N+](=O)[O-])c2)c(-c2ccsc2)cc1N. The van der Waals surface area contributed by atoms with Gasteiger partial charge in [0.25, 0.3) is 11.6 Å². The number of nitrogens with one attached hydrogen (secondary N) is 1. The maximum Gasteiger partial charge on any atom is 0.270 e. The van der Waals surface area contributed by atoms with Crippen LogP contribution in [0.3, 0.4) is 0 Å². The maximum atomic E-state index is 12.9. The number of carbonyl (C=O) groups is 1. The molecule has 0 aliphatic rings. The first-order chi connectivity index (χ1) is 15.1. The summed E-state index contributed by atoms with van der Waals surface area (Å²) >= 11 is 1.51. The molecule has 3 rings (SSSR count). The molecule has 0 fully saturated rings. The van der Waals surface area contributed by atoms with Gasteiger partial charge in [0.15, 0.2) is 0 Å². The van der Waals surface area contributed by atoms with E-state index in [4.69, 9.17) is 5.73 Å². The van der Waals surface area contributed by atoms with Crippen LogP contribution in [0.25, 0.3) is 11.1 Å². The van der Waals surface area contributed by atoms with E-state index >= 15 is 0 Å². The average molecular weight is 453 g/mol. The van der Waals surface area contributed by atoms with Crippen LogP contribution in [0, 0.1) is 10.1 Å². The number of nitro benzene ring substituents is 1. The Morgan fingerprint density at radius 2 is 2.09 bits per heavy atom. The number of rotatable bonds is 8. The Bertz CT molecular complexity index is 1150. The highest BCUT2D eigenvalue weighted by Gasteiger charge is 2.16. The number of aliphatic imine (C=N–C) groups is 1. The lowest BCUT2D eigenvalue weighted by molar-refractivity contribution is -0.384. The van der Waals surface area contributed by atoms with Crippen LogP contribution in [-0.4, -0.2) is 34.3 Å². The number of nitrogen functional groups attached to an aromatic ring is 1. The van der Waals surface area contributed by atoms with Crippen LogP contribution in [0.1, 0.15) is 36.2 Å². The lowest BCUT2D eigenvalue weighted by atomic mass is 10.0. The summed E-state index contributed by atoms with van der Waals surface area (Å²) in [7, 11) is 0. The van der Waals surface area contributed by atoms with Crippen LogP contribution < -0.4 is 11.1 Å². The molecule has 0 saturated carbocycles. The maximum absolute atomic E-state index is 12.9. The van der Waals surface area contributed by atoms with Crippen molar-refractivity contribution in [3.05, 3.63) is 74.5 Å². The summed E-state index contributed by atoms with van der Waals surface area (Å²) in [5.74, 6) is -0.472. The van der Waals surface area contributed by atoms with E-state index in [2.05, 4.69) is 10.3 Å². The molecule has 0 saturated heterocycles. The second kappa shape index (κ2) is 9.71. The van der Waals surface area contributed by atoms with Crippen LogP contribution in [-0.2, 0) is 0 Å². The van der Waals surface area contributed by atoms with E-state index < -0.39 is 16.4 Å². The third-order valence-corrected chi connectivity index (χ3v) is 5.39. The number of non-ortho nitro benzene ring substituents is 1. The van der Waals surface area contributed by atoms with Gasteiger partial charge in [-0.25, -0.2) is 0 Å². The second-order valence-corrected chi connectivity index (χ2v) is 8.68. The van der Waals surface area contributed by atoms with Crippen LogP contribution in [0.5, 0.6) is 0 Å². The first-order valence-electron chi connectivity index (χ1n) is 9.88. The normalized spacial score (nSPS) is 11.6. The fourth-order valence-electron chi connectivity index (χ4n) is 2.96. The highest BCUT2D eigenvalue weighted by Crippen LogP contribution is 2.34. The lowest BCUT2D eigenvalue weighted by Crippen LogP contribution is -2.19. The van der Waals surface area contributed by atoms with Gasteiger partial charge in [0.1, 0.15) is 0 Å². The third-order valence-electron chi connectivity index (χ3n) is 4.71. The Morgan fingerprint density at radius 1 is 1.31 bits per heavy atom. The van der Waals surface area contributed by atoms with Gasteiger partial charge < -0.3 is 16.2 Å². The summed E-state index contributed by atoms with van der Waals surface area (Å²) in [5.41, 5.74) is 8.68. The smallest absolute Gasteiger partial charge is 0.270 e. The average Bonchev–Trinajstić information content (AvgIpc) is 3.27. The molecule has 0 aliphatic heterocycles. The summed E-state index contributed by atoms with van der Waals surface area (Å²) < 4.78 is 0. The number of nitrogens with two attached hydrogens (primary N) is 1. The van der Waals surface area contributed by atoms with E-state index in [1.807, 2.05) is 16.8 Å². The zero-order chi connectivity index (χ0) is 23.3. The highest BCUT2D eigenvalue weighted by molar-refractivity contribution is 7.08. The molecule has 4 N–H and O–H groups in total. The van der Waals surface area contributed by atoms with Crippen LogP contribution in [0.2, 0.25) is 0 Å². The van der Waals surface area contributed by atoms with E-state index in [1.54, 1.807) is 32.2 Å². The molecule has 32 heavy (non-hydrogen) atoms. The van der Waals surface area contributed by atoms with Gasteiger partial charge in [-0.15, -0.1) is 0 Å². The first kappa shape index (κ1) is 23.1. The van der Waals surface area contributed by atoms with Crippen molar-refractivity contribution in [2.24, 2.45) is 4.99 Å². The van der Waals surface area contributed by atoms with Gasteiger partial charge in [-0.3, -0.25) is 19.9 Å². The predicted octanol–water partition coefficient (Wildman–Crippen LogP) is 4.74. The molecule has 1 amide bonds. The zero-order valence-corrected chi connectivity index (χ0v) is 18.6. The van der Waals surface area contributed by atoms with Gasteiger partial charge in [0.2, 0.25) is 0 Å². The molecule has 0 aliphatic carbocycles. The van der Waals surface area contributed by atoms with Crippen LogP contribution in [0.4, 0.5) is 17.1 Å². The minimum atomic E-state index is -0.816. The largest absolute Gasteiger partial charge is 0.398 e. The van der Waals surface area contributed by atoms with Gasteiger partial charge >= 0.3 is 0 Å². The van der Waals surface area contributed by atoms with Gasteiger partial charge in [-0.2, -0.15) is 11.3 Å². The zero-order valence-electron chi connectivity index (χ0n) is 17.7. The number of benzene rings is 2. The van der Waals surface area contributed by atoms with Crippen molar-refractivity contribution in [2.75, 3.05) is 17.6 Å². The molecule has 166 valence electrons. The number of aliphatic hydroxyl groups is 1. The van der Waals surface area contributed by atoms with E-state index in [0.29, 0.717) is 29.9 Å². The highest BCUT2D eigenvalue weighted by atomic mass is 32.1. The fourth-order valence-corrected chi connectivity index (χ4v) is 3.62. The molecule has 0 unspecified atom stereocenters. The molecule has 0 spiro atoms. The molecule has 3 aromatic rings. The number of hydrogen-bond acceptors (Lipinski definition) is 7. The number of thiophene rings is 1. The van der Waals surface area contributed by atoms with Crippen molar-refractivity contribution in [2.45, 2.75) is 25.9 Å². The van der Waals surface area contributed by atoms with Crippen LogP contribution in [0.15, 0.2) is 58.2 Å². The summed E-state index contributed by atoms with van der Waals surface area (Å²) in [6.45, 7) is 3.85. The Hall–Kier alpha value is -3.56. The number of hydrogen-bond donors (Lipinski definition) is 3. The number of amides is 1. The molecule has 8 nitrogen and oxygen atoms in total. The van der Waals surface area contributed by atoms with Crippen molar-refractivity contribution >= 4 is 40.5 Å². The number of carbonyl (C=O) groups excluding carboxylic acids is 1. The number of nitro groups is 1. The van der Waals surface area contributed by atoms with E-state index in [-0.39, 0.29) is 11.3 Å². The quantitative estimate of drug-likeness (QED) is 0.197. The Balaban J connectivity index is 1.93. The van der Waals surface area contributed by atoms with Crippen molar-refractivity contribution in [1.82, 2.24) is 0 Å². The third kappa shape index (κ3) is 5.99.